The van der Waals surface area contributed by atoms with Crippen LogP contribution in [0.15, 0.2) is 72.8 Å². The average Bonchev–Trinajstić information content (AvgIpc) is 2.62. The highest BCUT2D eigenvalue weighted by Crippen LogP contribution is 2.23. The van der Waals surface area contributed by atoms with Gasteiger partial charge in [0.1, 0.15) is 12.4 Å². The maximum absolute atomic E-state index is 13.4. The quantitative estimate of drug-likeness (QED) is 0.645. The fourth-order valence-electron chi connectivity index (χ4n) is 2.34. The zero-order valence-electron chi connectivity index (χ0n) is 13.1. The molecule has 0 radical (unpaired) electrons. The first-order chi connectivity index (χ1) is 11.7. The standard InChI is InChI=1S/C20H18FNO2/c21-18-12-17(10-11-19(18)23)22-13-16-8-4-5-9-20(16)24-14-15-6-2-1-3-7-15/h1-12,22-23H,13-14H2. The Labute approximate surface area is 140 Å². The van der Waals surface area contributed by atoms with Gasteiger partial charge < -0.3 is 15.2 Å². The molecule has 24 heavy (non-hydrogen) atoms. The Morgan fingerprint density at radius 2 is 1.67 bits per heavy atom. The lowest BCUT2D eigenvalue weighted by molar-refractivity contribution is 0.303. The maximum Gasteiger partial charge on any atom is 0.166 e. The van der Waals surface area contributed by atoms with Crippen LogP contribution in [0.1, 0.15) is 11.1 Å². The minimum absolute atomic E-state index is 0.354. The molecule has 0 spiro atoms. The highest BCUT2D eigenvalue weighted by Gasteiger charge is 2.05. The monoisotopic (exact) mass is 323 g/mol. The highest BCUT2D eigenvalue weighted by atomic mass is 19.1. The number of ether oxygens (including phenoxy) is 1. The zero-order valence-corrected chi connectivity index (χ0v) is 13.1. The summed E-state index contributed by atoms with van der Waals surface area (Å²) in [6.45, 7) is 0.987. The van der Waals surface area contributed by atoms with Crippen LogP contribution in [0, 0.1) is 5.82 Å². The van der Waals surface area contributed by atoms with E-state index in [2.05, 4.69) is 5.32 Å². The minimum atomic E-state index is -0.645. The van der Waals surface area contributed by atoms with Crippen molar-refractivity contribution in [1.82, 2.24) is 0 Å². The van der Waals surface area contributed by atoms with Gasteiger partial charge in [0.15, 0.2) is 11.6 Å². The van der Waals surface area contributed by atoms with Gasteiger partial charge in [-0.05, 0) is 23.8 Å². The predicted octanol–water partition coefficient (Wildman–Crippen LogP) is 4.72. The zero-order chi connectivity index (χ0) is 16.8. The first-order valence-electron chi connectivity index (χ1n) is 7.69. The van der Waals surface area contributed by atoms with Crippen LogP contribution in [0.2, 0.25) is 0 Å². The molecule has 0 aliphatic heterocycles. The SMILES string of the molecule is Oc1ccc(NCc2ccccc2OCc2ccccc2)cc1F. The number of hydrogen-bond acceptors (Lipinski definition) is 3. The number of nitrogens with one attached hydrogen (secondary N) is 1. The number of rotatable bonds is 6. The van der Waals surface area contributed by atoms with Crippen molar-refractivity contribution < 1.29 is 14.2 Å². The van der Waals surface area contributed by atoms with Crippen LogP contribution in [-0.2, 0) is 13.2 Å². The molecule has 122 valence electrons. The number of benzene rings is 3. The van der Waals surface area contributed by atoms with Gasteiger partial charge in [-0.1, -0.05) is 48.5 Å². The van der Waals surface area contributed by atoms with E-state index in [1.165, 1.54) is 12.1 Å². The second kappa shape index (κ2) is 7.51. The van der Waals surface area contributed by atoms with Crippen molar-refractivity contribution in [3.8, 4) is 11.5 Å². The van der Waals surface area contributed by atoms with Gasteiger partial charge in [0.05, 0.1) is 0 Å². The molecule has 4 heteroatoms. The number of para-hydroxylation sites is 1. The van der Waals surface area contributed by atoms with E-state index in [4.69, 9.17) is 4.74 Å². The van der Waals surface area contributed by atoms with Gasteiger partial charge in [-0.3, -0.25) is 0 Å². The van der Waals surface area contributed by atoms with Crippen LogP contribution in [0.3, 0.4) is 0 Å². The molecule has 3 aromatic carbocycles. The van der Waals surface area contributed by atoms with Crippen molar-refractivity contribution in [2.45, 2.75) is 13.2 Å². The van der Waals surface area contributed by atoms with Crippen molar-refractivity contribution in [2.24, 2.45) is 0 Å². The Morgan fingerprint density at radius 1 is 0.917 bits per heavy atom. The number of aromatic hydroxyl groups is 1. The Kier molecular flexibility index (Phi) is 4.96. The van der Waals surface area contributed by atoms with Crippen molar-refractivity contribution in [3.05, 3.63) is 89.7 Å². The number of phenolic OH excluding ortho intramolecular Hbond substituents is 1. The molecule has 3 nitrogen and oxygen atoms in total. The van der Waals surface area contributed by atoms with Gasteiger partial charge in [0.2, 0.25) is 0 Å². The molecule has 3 rings (SSSR count). The second-order valence-electron chi connectivity index (χ2n) is 5.40. The molecular formula is C20H18FNO2. The maximum atomic E-state index is 13.4. The van der Waals surface area contributed by atoms with Crippen LogP contribution in [-0.4, -0.2) is 5.11 Å². The Balaban J connectivity index is 1.66. The first-order valence-corrected chi connectivity index (χ1v) is 7.69. The van der Waals surface area contributed by atoms with Crippen molar-refractivity contribution in [1.29, 1.82) is 0 Å². The first kappa shape index (κ1) is 15.9. The van der Waals surface area contributed by atoms with Gasteiger partial charge >= 0.3 is 0 Å². The third-order valence-corrected chi connectivity index (χ3v) is 3.64. The third-order valence-electron chi connectivity index (χ3n) is 3.64. The molecule has 0 unspecified atom stereocenters. The minimum Gasteiger partial charge on any atom is -0.505 e. The Morgan fingerprint density at radius 3 is 2.46 bits per heavy atom. The molecule has 0 atom stereocenters. The molecule has 0 amide bonds. The van der Waals surface area contributed by atoms with Crippen molar-refractivity contribution >= 4 is 5.69 Å². The topological polar surface area (TPSA) is 41.5 Å². The largest absolute Gasteiger partial charge is 0.505 e. The molecule has 0 aliphatic rings. The summed E-state index contributed by atoms with van der Waals surface area (Å²) in [5.74, 6) is -0.214. The van der Waals surface area contributed by atoms with E-state index in [0.29, 0.717) is 18.8 Å². The third kappa shape index (κ3) is 4.04. The summed E-state index contributed by atoms with van der Waals surface area (Å²) in [5.41, 5.74) is 2.67. The summed E-state index contributed by atoms with van der Waals surface area (Å²) in [6, 6.07) is 21.9. The fourth-order valence-corrected chi connectivity index (χ4v) is 2.34. The smallest absolute Gasteiger partial charge is 0.166 e. The summed E-state index contributed by atoms with van der Waals surface area (Å²) < 4.78 is 19.3. The van der Waals surface area contributed by atoms with E-state index in [0.717, 1.165) is 16.9 Å². The summed E-state index contributed by atoms with van der Waals surface area (Å²) >= 11 is 0. The van der Waals surface area contributed by atoms with Gasteiger partial charge in [-0.15, -0.1) is 0 Å². The van der Waals surface area contributed by atoms with E-state index >= 15 is 0 Å². The normalized spacial score (nSPS) is 10.4. The van der Waals surface area contributed by atoms with Crippen LogP contribution >= 0.6 is 0 Å². The molecule has 0 saturated heterocycles. The molecule has 3 aromatic rings. The van der Waals surface area contributed by atoms with Crippen LogP contribution < -0.4 is 10.1 Å². The fraction of sp³-hybridized carbons (Fsp3) is 0.100. The molecule has 0 saturated carbocycles. The summed E-state index contributed by atoms with van der Waals surface area (Å²) in [7, 11) is 0. The molecule has 0 heterocycles. The number of phenols is 1. The molecule has 0 aromatic heterocycles. The molecule has 0 bridgehead atoms. The van der Waals surface area contributed by atoms with E-state index in [1.807, 2.05) is 54.6 Å². The lowest BCUT2D eigenvalue weighted by Gasteiger charge is -2.13. The van der Waals surface area contributed by atoms with Crippen LogP contribution in [0.4, 0.5) is 10.1 Å². The van der Waals surface area contributed by atoms with Crippen LogP contribution in [0.5, 0.6) is 11.5 Å². The summed E-state index contributed by atoms with van der Waals surface area (Å²) in [5, 5.41) is 12.4. The molecule has 2 N–H and O–H groups in total. The molecule has 0 aliphatic carbocycles. The highest BCUT2D eigenvalue weighted by molar-refractivity contribution is 5.48. The Hall–Kier alpha value is -3.01. The number of hydrogen-bond donors (Lipinski definition) is 2. The van der Waals surface area contributed by atoms with Crippen molar-refractivity contribution in [2.75, 3.05) is 5.32 Å². The van der Waals surface area contributed by atoms with Crippen molar-refractivity contribution in [3.63, 3.8) is 0 Å². The van der Waals surface area contributed by atoms with Crippen LogP contribution in [0.25, 0.3) is 0 Å². The predicted molar refractivity (Wildman–Crippen MR) is 92.6 cm³/mol. The summed E-state index contributed by atoms with van der Waals surface area (Å²) in [6.07, 6.45) is 0. The number of halogens is 1. The van der Waals surface area contributed by atoms with E-state index in [9.17, 15) is 9.50 Å². The lowest BCUT2D eigenvalue weighted by Crippen LogP contribution is -2.03. The summed E-state index contributed by atoms with van der Waals surface area (Å²) in [4.78, 5) is 0. The van der Waals surface area contributed by atoms with Gasteiger partial charge in [-0.25, -0.2) is 4.39 Å². The van der Waals surface area contributed by atoms with Gasteiger partial charge in [0.25, 0.3) is 0 Å². The van der Waals surface area contributed by atoms with Gasteiger partial charge in [0, 0.05) is 23.9 Å². The lowest BCUT2D eigenvalue weighted by atomic mass is 10.2. The average molecular weight is 323 g/mol. The van der Waals surface area contributed by atoms with Gasteiger partial charge in [-0.2, -0.15) is 0 Å². The second-order valence-corrected chi connectivity index (χ2v) is 5.40. The van der Waals surface area contributed by atoms with E-state index < -0.39 is 5.82 Å². The number of anilines is 1. The Bertz CT molecular complexity index is 806. The van der Waals surface area contributed by atoms with E-state index in [-0.39, 0.29) is 5.75 Å². The molecule has 0 fully saturated rings. The van der Waals surface area contributed by atoms with E-state index in [1.54, 1.807) is 6.07 Å². The molecular weight excluding hydrogens is 305 g/mol.